The van der Waals surface area contributed by atoms with Crippen LogP contribution >= 0.6 is 0 Å². The summed E-state index contributed by atoms with van der Waals surface area (Å²) in [6.07, 6.45) is 1.31. The molecule has 21 heavy (non-hydrogen) atoms. The van der Waals surface area contributed by atoms with Crippen molar-refractivity contribution in [3.05, 3.63) is 71.5 Å². The monoisotopic (exact) mass is 286 g/mol. The van der Waals surface area contributed by atoms with E-state index in [9.17, 15) is 9.18 Å². The smallest absolute Gasteiger partial charge is 0.237 e. The standard InChI is InChI=1S/C17H19FN2O/c18-15-9-5-4-8-14(15)12-20-17(21)16(19)11-10-13-6-2-1-3-7-13/h1-9,16H,10-12,19H2,(H,20,21)/t16-/m0/s1. The molecule has 0 radical (unpaired) electrons. The van der Waals surface area contributed by atoms with Gasteiger partial charge in [0.1, 0.15) is 5.82 Å². The van der Waals surface area contributed by atoms with Crippen molar-refractivity contribution in [2.75, 3.05) is 0 Å². The van der Waals surface area contributed by atoms with Gasteiger partial charge in [0.15, 0.2) is 0 Å². The molecule has 0 spiro atoms. The maximum Gasteiger partial charge on any atom is 0.237 e. The molecule has 110 valence electrons. The minimum Gasteiger partial charge on any atom is -0.351 e. The van der Waals surface area contributed by atoms with Gasteiger partial charge in [-0.3, -0.25) is 4.79 Å². The SMILES string of the molecule is N[C@@H](CCc1ccccc1)C(=O)NCc1ccccc1F. The first-order valence-electron chi connectivity index (χ1n) is 6.97. The summed E-state index contributed by atoms with van der Waals surface area (Å²) in [7, 11) is 0. The van der Waals surface area contributed by atoms with Crippen molar-refractivity contribution >= 4 is 5.91 Å². The van der Waals surface area contributed by atoms with Crippen molar-refractivity contribution in [2.24, 2.45) is 5.73 Å². The lowest BCUT2D eigenvalue weighted by Gasteiger charge is -2.12. The minimum absolute atomic E-state index is 0.157. The van der Waals surface area contributed by atoms with Crippen molar-refractivity contribution < 1.29 is 9.18 Å². The Balaban J connectivity index is 1.79. The first kappa shape index (κ1) is 15.2. The third kappa shape index (κ3) is 4.68. The number of benzene rings is 2. The van der Waals surface area contributed by atoms with Crippen LogP contribution in [0.5, 0.6) is 0 Å². The van der Waals surface area contributed by atoms with Crippen LogP contribution in [0.3, 0.4) is 0 Å². The zero-order valence-corrected chi connectivity index (χ0v) is 11.8. The normalized spacial score (nSPS) is 11.9. The third-order valence-corrected chi connectivity index (χ3v) is 3.33. The number of nitrogens with one attached hydrogen (secondary N) is 1. The fourth-order valence-electron chi connectivity index (χ4n) is 2.05. The lowest BCUT2D eigenvalue weighted by Crippen LogP contribution is -2.40. The van der Waals surface area contributed by atoms with Crippen LogP contribution in [0, 0.1) is 5.82 Å². The van der Waals surface area contributed by atoms with Crippen molar-refractivity contribution in [2.45, 2.75) is 25.4 Å². The van der Waals surface area contributed by atoms with Crippen LogP contribution in [-0.2, 0) is 17.8 Å². The number of rotatable bonds is 6. The highest BCUT2D eigenvalue weighted by Gasteiger charge is 2.13. The number of halogens is 1. The molecule has 0 aliphatic carbocycles. The van der Waals surface area contributed by atoms with E-state index < -0.39 is 6.04 Å². The topological polar surface area (TPSA) is 55.1 Å². The van der Waals surface area contributed by atoms with Gasteiger partial charge in [0.2, 0.25) is 5.91 Å². The van der Waals surface area contributed by atoms with Gasteiger partial charge >= 0.3 is 0 Å². The largest absolute Gasteiger partial charge is 0.351 e. The molecule has 1 atom stereocenters. The summed E-state index contributed by atoms with van der Waals surface area (Å²) >= 11 is 0. The Morgan fingerprint density at radius 3 is 2.48 bits per heavy atom. The average Bonchev–Trinajstić information content (AvgIpc) is 2.52. The van der Waals surface area contributed by atoms with Gasteiger partial charge in [0, 0.05) is 12.1 Å². The van der Waals surface area contributed by atoms with Crippen molar-refractivity contribution in [3.8, 4) is 0 Å². The predicted molar refractivity (Wildman–Crippen MR) is 81.0 cm³/mol. The lowest BCUT2D eigenvalue weighted by molar-refractivity contribution is -0.122. The molecule has 0 aliphatic heterocycles. The molecule has 0 unspecified atom stereocenters. The summed E-state index contributed by atoms with van der Waals surface area (Å²) in [5, 5.41) is 2.67. The number of hydrogen-bond acceptors (Lipinski definition) is 2. The molecule has 0 heterocycles. The first-order chi connectivity index (χ1) is 10.2. The molecule has 0 aromatic heterocycles. The fraction of sp³-hybridized carbons (Fsp3) is 0.235. The zero-order chi connectivity index (χ0) is 15.1. The molecule has 3 N–H and O–H groups in total. The predicted octanol–water partition coefficient (Wildman–Crippen LogP) is 2.40. The summed E-state index contributed by atoms with van der Waals surface area (Å²) in [6.45, 7) is 0.157. The van der Waals surface area contributed by atoms with Crippen molar-refractivity contribution in [1.29, 1.82) is 0 Å². The Morgan fingerprint density at radius 1 is 1.10 bits per heavy atom. The highest BCUT2D eigenvalue weighted by atomic mass is 19.1. The molecule has 2 aromatic carbocycles. The number of nitrogens with two attached hydrogens (primary N) is 1. The van der Waals surface area contributed by atoms with Crippen LogP contribution in [0.25, 0.3) is 0 Å². The molecule has 0 saturated heterocycles. The zero-order valence-electron chi connectivity index (χ0n) is 11.8. The maximum atomic E-state index is 13.4. The highest BCUT2D eigenvalue weighted by molar-refractivity contribution is 5.81. The van der Waals surface area contributed by atoms with E-state index in [0.717, 1.165) is 12.0 Å². The second-order valence-electron chi connectivity index (χ2n) is 4.94. The van der Waals surface area contributed by atoms with Gasteiger partial charge in [-0.15, -0.1) is 0 Å². The summed E-state index contributed by atoms with van der Waals surface area (Å²) < 4.78 is 13.4. The Hall–Kier alpha value is -2.20. The molecule has 2 rings (SSSR count). The number of amides is 1. The van der Waals surface area contributed by atoms with Gasteiger partial charge in [-0.25, -0.2) is 4.39 Å². The molecule has 4 heteroatoms. The summed E-state index contributed by atoms with van der Waals surface area (Å²) in [5.41, 5.74) is 7.47. The van der Waals surface area contributed by atoms with Gasteiger partial charge < -0.3 is 11.1 Å². The van der Waals surface area contributed by atoms with Gasteiger partial charge in [0.25, 0.3) is 0 Å². The van der Waals surface area contributed by atoms with Crippen LogP contribution in [0.4, 0.5) is 4.39 Å². The van der Waals surface area contributed by atoms with E-state index in [0.29, 0.717) is 12.0 Å². The molecular weight excluding hydrogens is 267 g/mol. The molecule has 0 saturated carbocycles. The van der Waals surface area contributed by atoms with E-state index in [1.54, 1.807) is 18.2 Å². The first-order valence-corrected chi connectivity index (χ1v) is 6.97. The molecule has 0 bridgehead atoms. The highest BCUT2D eigenvalue weighted by Crippen LogP contribution is 2.07. The lowest BCUT2D eigenvalue weighted by atomic mass is 10.1. The van der Waals surface area contributed by atoms with Gasteiger partial charge in [-0.1, -0.05) is 48.5 Å². The summed E-state index contributed by atoms with van der Waals surface area (Å²) in [5.74, 6) is -0.579. The Bertz CT molecular complexity index is 586. The Labute approximate surface area is 124 Å². The quantitative estimate of drug-likeness (QED) is 0.856. The number of carbonyl (C=O) groups excluding carboxylic acids is 1. The van der Waals surface area contributed by atoms with Crippen LogP contribution < -0.4 is 11.1 Å². The molecule has 0 aliphatic rings. The average molecular weight is 286 g/mol. The number of carbonyl (C=O) groups is 1. The van der Waals surface area contributed by atoms with E-state index >= 15 is 0 Å². The minimum atomic E-state index is -0.586. The molecule has 2 aromatic rings. The third-order valence-electron chi connectivity index (χ3n) is 3.33. The fourth-order valence-corrected chi connectivity index (χ4v) is 2.05. The molecule has 0 fully saturated rings. The van der Waals surface area contributed by atoms with E-state index in [1.165, 1.54) is 6.07 Å². The van der Waals surface area contributed by atoms with Crippen LogP contribution in [-0.4, -0.2) is 11.9 Å². The second kappa shape index (κ2) is 7.55. The summed E-state index contributed by atoms with van der Waals surface area (Å²) in [6, 6.07) is 15.7. The maximum absolute atomic E-state index is 13.4. The van der Waals surface area contributed by atoms with Gasteiger partial charge in [-0.2, -0.15) is 0 Å². The molecule has 3 nitrogen and oxygen atoms in total. The van der Waals surface area contributed by atoms with Crippen molar-refractivity contribution in [1.82, 2.24) is 5.32 Å². The van der Waals surface area contributed by atoms with E-state index in [2.05, 4.69) is 5.32 Å². The molecular formula is C17H19FN2O. The van der Waals surface area contributed by atoms with Crippen LogP contribution in [0.2, 0.25) is 0 Å². The number of hydrogen-bond donors (Lipinski definition) is 2. The summed E-state index contributed by atoms with van der Waals surface area (Å²) in [4.78, 5) is 11.9. The Morgan fingerprint density at radius 2 is 1.76 bits per heavy atom. The van der Waals surface area contributed by atoms with E-state index in [-0.39, 0.29) is 18.3 Å². The van der Waals surface area contributed by atoms with E-state index in [4.69, 9.17) is 5.73 Å². The van der Waals surface area contributed by atoms with E-state index in [1.807, 2.05) is 30.3 Å². The van der Waals surface area contributed by atoms with Gasteiger partial charge in [-0.05, 0) is 24.5 Å². The number of aryl methyl sites for hydroxylation is 1. The Kier molecular flexibility index (Phi) is 5.46. The van der Waals surface area contributed by atoms with Crippen molar-refractivity contribution in [3.63, 3.8) is 0 Å². The van der Waals surface area contributed by atoms with Gasteiger partial charge in [0.05, 0.1) is 6.04 Å². The van der Waals surface area contributed by atoms with Crippen LogP contribution in [0.1, 0.15) is 17.5 Å². The second-order valence-corrected chi connectivity index (χ2v) is 4.94. The van der Waals surface area contributed by atoms with Crippen LogP contribution in [0.15, 0.2) is 54.6 Å². The molecule has 1 amide bonds.